The van der Waals surface area contributed by atoms with E-state index in [0.717, 1.165) is 128 Å². The molecule has 1 fully saturated rings. The molecule has 0 unspecified atom stereocenters. The predicted octanol–water partition coefficient (Wildman–Crippen LogP) is 16.7. The lowest BCUT2D eigenvalue weighted by atomic mass is 9.99. The summed E-state index contributed by atoms with van der Waals surface area (Å²) in [5.74, 6) is 0.120. The van der Waals surface area contributed by atoms with E-state index in [0.29, 0.717) is 60.5 Å². The van der Waals surface area contributed by atoms with E-state index in [2.05, 4.69) is 24.2 Å². The van der Waals surface area contributed by atoms with E-state index >= 15 is 0 Å². The number of aromatic nitrogens is 8. The van der Waals surface area contributed by atoms with Crippen molar-refractivity contribution in [2.45, 2.75) is 20.1 Å². The molecule has 1 amide bonds. The largest absolute Gasteiger partial charge is 0.444 e. The molecule has 452 valence electrons. The summed E-state index contributed by atoms with van der Waals surface area (Å²) in [6.07, 6.45) is 2.30. The van der Waals surface area contributed by atoms with Gasteiger partial charge in [-0.2, -0.15) is 17.5 Å². The maximum atomic E-state index is 14.5. The minimum Gasteiger partial charge on any atom is -0.444 e. The second kappa shape index (κ2) is 22.1. The number of fused-ring (bicyclic) bond motifs is 14. The van der Waals surface area contributed by atoms with Gasteiger partial charge in [0.05, 0.1) is 64.3 Å². The summed E-state index contributed by atoms with van der Waals surface area (Å²) in [7, 11) is 0. The Morgan fingerprint density at radius 3 is 1.68 bits per heavy atom. The fraction of sp³-hybridized carbons (Fsp3) is 0.0588. The number of amides is 1. The van der Waals surface area contributed by atoms with Crippen LogP contribution in [-0.4, -0.2) is 75.5 Å². The van der Waals surface area contributed by atoms with Crippen molar-refractivity contribution in [3.05, 3.63) is 195 Å². The number of thioether (sulfide) groups is 1. The Kier molecular flexibility index (Phi) is 13.3. The van der Waals surface area contributed by atoms with Gasteiger partial charge < -0.3 is 9.47 Å². The molecule has 26 heteroatoms. The van der Waals surface area contributed by atoms with Crippen LogP contribution in [0, 0.1) is 0 Å². The molecule has 11 heterocycles. The van der Waals surface area contributed by atoms with Crippen molar-refractivity contribution in [2.75, 3.05) is 6.54 Å². The van der Waals surface area contributed by atoms with Crippen LogP contribution in [0.15, 0.2) is 178 Å². The molecule has 18 rings (SSSR count). The number of pyridine rings is 2. The molecule has 0 spiro atoms. The SMILES string of the molecule is CCN1C(=O)/C(=N\c2ncc(-c3cc4c(s3)c3sc5cc(-c6ccc7cc8/c(=N/c9ncc(-c%10cc%11c(s%10)c%10sc%12ccccc%12c%10n%11C(=O)OCc%10ccccc%10)c%10nsnc9%10)c(=O)c(=O)c8cc7c6)ccc5c3n4C(=O)OCc3ccccc3)c3nsnc23)SC1=S. The topological polar surface area (TPSA) is 219 Å². The van der Waals surface area contributed by atoms with Crippen molar-refractivity contribution in [3.63, 3.8) is 0 Å². The summed E-state index contributed by atoms with van der Waals surface area (Å²) >= 11 is 14.8. The number of carbonyl (C=O) groups excluding carboxylic acids is 3. The zero-order valence-electron chi connectivity index (χ0n) is 48.2. The van der Waals surface area contributed by atoms with E-state index < -0.39 is 23.0 Å². The summed E-state index contributed by atoms with van der Waals surface area (Å²) in [5, 5.41) is 4.16. The predicted molar refractivity (Wildman–Crippen MR) is 383 cm³/mol. The van der Waals surface area contributed by atoms with Crippen LogP contribution in [0.2, 0.25) is 0 Å². The number of ether oxygens (including phenoxy) is 2. The molecule has 1 saturated heterocycles. The van der Waals surface area contributed by atoms with Crippen LogP contribution < -0.4 is 16.2 Å². The minimum absolute atomic E-state index is 0.0342. The second-order valence-corrected chi connectivity index (χ2v) is 28.9. The van der Waals surface area contributed by atoms with Crippen molar-refractivity contribution < 1.29 is 23.9 Å². The highest BCUT2D eigenvalue weighted by atomic mass is 32.2. The Labute approximate surface area is 560 Å². The van der Waals surface area contributed by atoms with E-state index in [1.807, 2.05) is 140 Å². The molecule has 0 radical (unpaired) electrons. The molecule has 0 atom stereocenters. The zero-order chi connectivity index (χ0) is 63.2. The van der Waals surface area contributed by atoms with Gasteiger partial charge in [0.2, 0.25) is 5.43 Å². The summed E-state index contributed by atoms with van der Waals surface area (Å²) in [6.45, 7) is 2.46. The number of nitrogens with zero attached hydrogens (tertiary/aromatic N) is 11. The van der Waals surface area contributed by atoms with E-state index in [-0.39, 0.29) is 46.5 Å². The van der Waals surface area contributed by atoms with E-state index in [1.54, 1.807) is 50.3 Å². The lowest BCUT2D eigenvalue weighted by Crippen LogP contribution is -2.30. The third kappa shape index (κ3) is 8.96. The molecule has 0 saturated carbocycles. The van der Waals surface area contributed by atoms with Gasteiger partial charge in [-0.3, -0.25) is 19.3 Å². The third-order valence-corrected chi connectivity index (χ3v) is 24.0. The number of benzene rings is 6. The van der Waals surface area contributed by atoms with Gasteiger partial charge in [-0.05, 0) is 94.2 Å². The monoisotopic (exact) mass is 1370 g/mol. The fourth-order valence-electron chi connectivity index (χ4n) is 12.2. The molecule has 0 aliphatic carbocycles. The molecule has 17 aromatic rings. The van der Waals surface area contributed by atoms with Crippen molar-refractivity contribution >= 4 is 237 Å². The summed E-state index contributed by atoms with van der Waals surface area (Å²) in [4.78, 5) is 91.8. The molecule has 94 heavy (non-hydrogen) atoms. The van der Waals surface area contributed by atoms with E-state index in [9.17, 15) is 24.0 Å². The summed E-state index contributed by atoms with van der Waals surface area (Å²) in [6, 6.07) is 46.7. The van der Waals surface area contributed by atoms with Gasteiger partial charge in [0.25, 0.3) is 11.3 Å². The first-order valence-electron chi connectivity index (χ1n) is 29.0. The lowest BCUT2D eigenvalue weighted by molar-refractivity contribution is -0.119. The highest BCUT2D eigenvalue weighted by Crippen LogP contribution is 2.50. The first-order valence-corrected chi connectivity index (χ1v) is 35.0. The van der Waals surface area contributed by atoms with Crippen molar-refractivity contribution in [1.82, 2.24) is 41.5 Å². The Morgan fingerprint density at radius 1 is 0.521 bits per heavy atom. The number of thiophene rings is 4. The number of thiocarbonyl (C=S) groups is 1. The minimum atomic E-state index is -0.753. The lowest BCUT2D eigenvalue weighted by Gasteiger charge is -2.09. The fourth-order valence-corrected chi connectivity index (χ4v) is 19.6. The molecule has 1 aliphatic rings. The van der Waals surface area contributed by atoms with Crippen LogP contribution in [-0.2, 0) is 27.5 Å². The third-order valence-electron chi connectivity index (χ3n) is 16.7. The average Bonchev–Trinajstić information content (AvgIpc) is 1.57. The molecular weight excluding hydrogens is 1340 g/mol. The first-order chi connectivity index (χ1) is 46.0. The molecule has 0 N–H and O–H groups in total. The number of hydrogen-bond acceptors (Lipinski definition) is 23. The van der Waals surface area contributed by atoms with Gasteiger partial charge in [-0.15, -0.1) is 45.3 Å². The van der Waals surface area contributed by atoms with Crippen LogP contribution in [0.3, 0.4) is 0 Å². The first kappa shape index (κ1) is 56.7. The van der Waals surface area contributed by atoms with Gasteiger partial charge in [-0.1, -0.05) is 115 Å². The molecule has 7 aromatic carbocycles. The van der Waals surface area contributed by atoms with Gasteiger partial charge in [0, 0.05) is 70.8 Å². The normalized spacial score (nSPS) is 13.7. The average molecular weight is 1370 g/mol. The van der Waals surface area contributed by atoms with Crippen LogP contribution in [0.4, 0.5) is 21.2 Å². The van der Waals surface area contributed by atoms with Crippen LogP contribution in [0.25, 0.3) is 137 Å². The van der Waals surface area contributed by atoms with E-state index in [4.69, 9.17) is 41.0 Å². The second-order valence-electron chi connectivity index (χ2n) is 22.0. The Morgan fingerprint density at radius 2 is 1.06 bits per heavy atom. The molecule has 10 aromatic heterocycles. The van der Waals surface area contributed by atoms with Crippen LogP contribution in [0.5, 0.6) is 0 Å². The van der Waals surface area contributed by atoms with Crippen LogP contribution in [0.1, 0.15) is 18.1 Å². The molecular formula is C68H35N11O7S8. The number of aliphatic imine (C=N–C) groups is 1. The van der Waals surface area contributed by atoms with Crippen LogP contribution >= 0.6 is 92.8 Å². The van der Waals surface area contributed by atoms with Gasteiger partial charge in [-0.25, -0.2) is 38.7 Å². The molecule has 1 aliphatic heterocycles. The highest BCUT2D eigenvalue weighted by molar-refractivity contribution is 8.35. The summed E-state index contributed by atoms with van der Waals surface area (Å²) < 4.78 is 39.9. The highest BCUT2D eigenvalue weighted by Gasteiger charge is 2.34. The number of hydrogen-bond donors (Lipinski definition) is 0. The Balaban J connectivity index is 0.687. The van der Waals surface area contributed by atoms with Gasteiger partial charge in [0.1, 0.15) is 45.0 Å². The van der Waals surface area contributed by atoms with Crippen molar-refractivity contribution in [3.8, 4) is 32.0 Å². The molecule has 18 nitrogen and oxygen atoms in total. The van der Waals surface area contributed by atoms with E-state index in [1.165, 1.54) is 27.6 Å². The maximum Gasteiger partial charge on any atom is 0.419 e. The smallest absolute Gasteiger partial charge is 0.419 e. The van der Waals surface area contributed by atoms with Gasteiger partial charge >= 0.3 is 12.2 Å². The Hall–Kier alpha value is -10.0. The number of carbonyl (C=O) groups is 3. The quantitative estimate of drug-likeness (QED) is 0.0918. The standard InChI is InChI=1S/C68H35N11O7S8/c1-2-77-65(82)64(92-68(77)87)72-63-53-50(74-94-76-53)42(28-70-63)48-26-44-59(90-48)61-55(79(44)67(84)86-30-32-13-7-4-8-14-32)38-20-19-35(24-46(38)91-61)33-17-18-34-22-39-40(23-36(34)21-33)56(80)57(81)51(39)71-62-52-49(73-93-75-52)41(27-69-62)47-25-43-58(89-47)60-54(37-15-9-10-16-45(37)88-60)78(43)66(83)85-29-31-11-5-3-6-12-31/h3-28H,2,29-30H2,1H3/b71-51-,72-64+. The van der Waals surface area contributed by atoms with Gasteiger partial charge in [0.15, 0.2) is 16.7 Å². The maximum absolute atomic E-state index is 14.5. The van der Waals surface area contributed by atoms with Crippen molar-refractivity contribution in [2.24, 2.45) is 9.98 Å². The Bertz CT molecular complexity index is 6390. The van der Waals surface area contributed by atoms with Crippen molar-refractivity contribution in [1.29, 1.82) is 0 Å². The molecule has 0 bridgehead atoms. The summed E-state index contributed by atoms with van der Waals surface area (Å²) in [5.41, 5.74) is 8.17. The zero-order valence-corrected chi connectivity index (χ0v) is 54.7. The number of rotatable bonds is 10.